The molecule has 328 valence electrons. The van der Waals surface area contributed by atoms with E-state index >= 15 is 0 Å². The second kappa shape index (κ2) is 21.1. The Morgan fingerprint density at radius 3 is 1.85 bits per heavy atom. The maximum Gasteiger partial charge on any atom is 0.404 e. The molecule has 0 bridgehead atoms. The number of aliphatic carboxylic acids is 1. The van der Waals surface area contributed by atoms with Crippen LogP contribution in [0.5, 0.6) is 17.2 Å². The number of aryl methyl sites for hydroxylation is 2. The van der Waals surface area contributed by atoms with Crippen LogP contribution in [0.15, 0.2) is 103 Å². The smallest absolute Gasteiger partial charge is 0.404 e. The highest BCUT2D eigenvalue weighted by atomic mass is 16.6. The van der Waals surface area contributed by atoms with Crippen molar-refractivity contribution in [3.8, 4) is 28.4 Å². The molecule has 7 rings (SSSR count). The molecule has 1 unspecified atom stereocenters. The lowest BCUT2D eigenvalue weighted by Gasteiger charge is -2.39. The van der Waals surface area contributed by atoms with Crippen molar-refractivity contribution in [1.29, 1.82) is 0 Å². The normalized spacial score (nSPS) is 15.0. The number of nitrogens with two attached hydrogens (primary N) is 1. The maximum atomic E-state index is 9.60. The van der Waals surface area contributed by atoms with Gasteiger partial charge in [-0.3, -0.25) is 0 Å². The molecule has 1 aliphatic carbocycles. The fraction of sp³-hybridized carbons (Fsp3) is 0.320. The highest BCUT2D eigenvalue weighted by molar-refractivity contribution is 6.08. The summed E-state index contributed by atoms with van der Waals surface area (Å²) in [6, 6.07) is 29.5. The first kappa shape index (κ1) is 46.9. The molecule has 0 saturated heterocycles. The Hall–Kier alpha value is -6.18. The highest BCUT2D eigenvalue weighted by Crippen LogP contribution is 2.59. The van der Waals surface area contributed by atoms with E-state index in [1.165, 1.54) is 23.6 Å². The van der Waals surface area contributed by atoms with Crippen molar-refractivity contribution in [1.82, 2.24) is 0 Å². The van der Waals surface area contributed by atoms with Crippen molar-refractivity contribution in [2.75, 3.05) is 60.5 Å². The van der Waals surface area contributed by atoms with Crippen molar-refractivity contribution in [3.63, 3.8) is 0 Å². The van der Waals surface area contributed by atoms with E-state index in [0.717, 1.165) is 61.4 Å². The monoisotopic (exact) mass is 847 g/mol. The van der Waals surface area contributed by atoms with Crippen molar-refractivity contribution < 1.29 is 53.0 Å². The molecule has 0 fully saturated rings. The van der Waals surface area contributed by atoms with Gasteiger partial charge in [-0.2, -0.15) is 0 Å². The molecule has 0 spiro atoms. The molecule has 4 N–H and O–H groups in total. The van der Waals surface area contributed by atoms with Gasteiger partial charge in [-0.15, -0.1) is 0 Å². The predicted molar refractivity (Wildman–Crippen MR) is 240 cm³/mol. The zero-order chi connectivity index (χ0) is 45.0. The Kier molecular flexibility index (Phi) is 15.9. The summed E-state index contributed by atoms with van der Waals surface area (Å²) in [5, 5.41) is 19.0. The third-order valence-electron chi connectivity index (χ3n) is 10.6. The van der Waals surface area contributed by atoms with Crippen LogP contribution in [-0.4, -0.2) is 82.7 Å². The fourth-order valence-corrected chi connectivity index (χ4v) is 7.57. The minimum atomic E-state index is -0.935. The zero-order valence-electron chi connectivity index (χ0n) is 36.5. The first-order valence-corrected chi connectivity index (χ1v) is 20.4. The average Bonchev–Trinajstić information content (AvgIpc) is 3.52. The van der Waals surface area contributed by atoms with E-state index in [9.17, 15) is 9.59 Å². The molecule has 0 radical (unpaired) electrons. The number of hydrogen-bond acceptors (Lipinski definition) is 10. The topological polar surface area (TPSA) is 165 Å². The molecule has 5 aromatic rings. The first-order chi connectivity index (χ1) is 29.7. The quantitative estimate of drug-likeness (QED) is 0.0681. The third kappa shape index (κ3) is 10.3. The van der Waals surface area contributed by atoms with Crippen molar-refractivity contribution in [2.24, 2.45) is 5.73 Å². The van der Waals surface area contributed by atoms with Crippen LogP contribution in [0.1, 0.15) is 59.7 Å². The highest BCUT2D eigenvalue weighted by Gasteiger charge is 2.47. The molecule has 0 saturated carbocycles. The molecule has 12 nitrogen and oxygen atoms in total. The van der Waals surface area contributed by atoms with Gasteiger partial charge in [0.1, 0.15) is 22.8 Å². The van der Waals surface area contributed by atoms with E-state index in [4.69, 9.17) is 38.6 Å². The number of benzene rings is 5. The summed E-state index contributed by atoms with van der Waals surface area (Å²) in [5.41, 5.74) is 12.8. The number of aliphatic hydroxyl groups is 1. The fourth-order valence-electron chi connectivity index (χ4n) is 7.57. The lowest BCUT2D eigenvalue weighted by molar-refractivity contribution is -0.132. The van der Waals surface area contributed by atoms with Crippen LogP contribution in [0, 0.1) is 13.8 Å². The minimum absolute atomic E-state index is 0.00224. The summed E-state index contributed by atoms with van der Waals surface area (Å²) in [6.07, 6.45) is 3.69. The van der Waals surface area contributed by atoms with Gasteiger partial charge in [-0.05, 0) is 93.1 Å². The standard InChI is InChI=1S/C43H44O7.C4H6O2.C3H7NO2/c1-28-6-16-34-37(26-28)41-36(18-19-43(50-41,30-8-12-32(45-4)13-9-30)31-10-14-33(46-5)15-11-31)40-39(34)35-17-7-29(2)27-38(35)42(40,3)49-25-24-48-23-22-47-21-20-44;1-3(2)4(5)6;1-2-6-3(4)5/h6-19,26-27,44H,20-25H2,1-5H3;1H2,2H3,(H,5,6);2H2,1H3,(H2,4,5). The molecular weight excluding hydrogens is 791 g/mol. The van der Waals surface area contributed by atoms with Crippen molar-refractivity contribution in [3.05, 3.63) is 142 Å². The van der Waals surface area contributed by atoms with Crippen LogP contribution in [-0.2, 0) is 34.9 Å². The number of hydrogen-bond donors (Lipinski definition) is 3. The van der Waals surface area contributed by atoms with Crippen LogP contribution < -0.4 is 19.9 Å². The van der Waals surface area contributed by atoms with E-state index in [1.54, 1.807) is 21.1 Å². The van der Waals surface area contributed by atoms with Gasteiger partial charge >= 0.3 is 12.1 Å². The number of fused-ring (bicyclic) bond motifs is 8. The van der Waals surface area contributed by atoms with Gasteiger partial charge in [-0.25, -0.2) is 9.59 Å². The molecular formula is C50H57NO11. The van der Waals surface area contributed by atoms with Crippen LogP contribution in [0.3, 0.4) is 0 Å². The number of carbonyl (C=O) groups is 2. The van der Waals surface area contributed by atoms with Crippen LogP contribution >= 0.6 is 0 Å². The van der Waals surface area contributed by atoms with E-state index in [-0.39, 0.29) is 12.2 Å². The maximum absolute atomic E-state index is 9.60. The number of carbonyl (C=O) groups excluding carboxylic acids is 1. The number of primary amides is 1. The van der Waals surface area contributed by atoms with Gasteiger partial charge in [-0.1, -0.05) is 78.4 Å². The largest absolute Gasteiger partial charge is 0.497 e. The van der Waals surface area contributed by atoms with Gasteiger partial charge in [0.25, 0.3) is 0 Å². The van der Waals surface area contributed by atoms with Crippen LogP contribution in [0.25, 0.3) is 28.0 Å². The second-order valence-electron chi connectivity index (χ2n) is 14.9. The van der Waals surface area contributed by atoms with Gasteiger partial charge in [0, 0.05) is 33.2 Å². The summed E-state index contributed by atoms with van der Waals surface area (Å²) >= 11 is 0. The van der Waals surface area contributed by atoms with E-state index in [0.29, 0.717) is 39.6 Å². The number of ether oxygens (including phenoxy) is 7. The number of aliphatic hydroxyl groups excluding tert-OH is 1. The average molecular weight is 848 g/mol. The molecule has 2 aliphatic rings. The Morgan fingerprint density at radius 1 is 0.790 bits per heavy atom. The second-order valence-corrected chi connectivity index (χ2v) is 14.9. The molecule has 1 atom stereocenters. The van der Waals surface area contributed by atoms with Gasteiger partial charge in [0.15, 0.2) is 5.60 Å². The van der Waals surface area contributed by atoms with Crippen molar-refractivity contribution >= 4 is 28.9 Å². The van der Waals surface area contributed by atoms with E-state index < -0.39 is 23.3 Å². The van der Waals surface area contributed by atoms with Crippen molar-refractivity contribution in [2.45, 2.75) is 45.8 Å². The summed E-state index contributed by atoms with van der Waals surface area (Å²) in [7, 11) is 3.35. The molecule has 1 heterocycles. The number of carboxylic acids is 1. The van der Waals surface area contributed by atoms with Gasteiger partial charge < -0.3 is 49.1 Å². The van der Waals surface area contributed by atoms with Gasteiger partial charge in [0.05, 0.1) is 60.5 Å². The first-order valence-electron chi connectivity index (χ1n) is 20.4. The molecule has 1 amide bonds. The molecule has 5 aromatic carbocycles. The molecule has 12 heteroatoms. The molecule has 1 aliphatic heterocycles. The summed E-state index contributed by atoms with van der Waals surface area (Å²) in [6.45, 7) is 15.0. The van der Waals surface area contributed by atoms with Crippen LogP contribution in [0.4, 0.5) is 4.79 Å². The summed E-state index contributed by atoms with van der Waals surface area (Å²) < 4.78 is 40.8. The van der Waals surface area contributed by atoms with Gasteiger partial charge in [0.2, 0.25) is 0 Å². The van der Waals surface area contributed by atoms with E-state index in [1.807, 2.05) is 24.3 Å². The lowest BCUT2D eigenvalue weighted by atomic mass is 9.80. The zero-order valence-corrected chi connectivity index (χ0v) is 36.5. The Balaban J connectivity index is 0.000000533. The molecule has 62 heavy (non-hydrogen) atoms. The third-order valence-corrected chi connectivity index (χ3v) is 10.6. The molecule has 0 aromatic heterocycles. The lowest BCUT2D eigenvalue weighted by Crippen LogP contribution is -2.35. The summed E-state index contributed by atoms with van der Waals surface area (Å²) in [5.74, 6) is 1.43. The SMILES string of the molecule is C=C(C)C(=O)O.CCOC(N)=O.COc1ccc(C2(c3ccc(OC)cc3)C=Cc3c4c(c5ccc(C)cc5c3O2)-c2ccc(C)cc2C4(C)OCCOCCOCCO)cc1. The predicted octanol–water partition coefficient (Wildman–Crippen LogP) is 8.86. The van der Waals surface area contributed by atoms with Crippen LogP contribution in [0.2, 0.25) is 0 Å². The summed E-state index contributed by atoms with van der Waals surface area (Å²) in [4.78, 5) is 19.2. The Labute approximate surface area is 363 Å². The Bertz CT molecular complexity index is 2330. The minimum Gasteiger partial charge on any atom is -0.497 e. The Morgan fingerprint density at radius 2 is 1.34 bits per heavy atom. The number of carboxylic acid groups (broad SMARTS) is 1. The number of amides is 1. The number of rotatable bonds is 15. The number of methoxy groups -OCH3 is 2. The van der Waals surface area contributed by atoms with E-state index in [2.05, 4.69) is 111 Å².